The van der Waals surface area contributed by atoms with Crippen LogP contribution in [0.1, 0.15) is 29.6 Å². The second-order valence-electron chi connectivity index (χ2n) is 6.40. The average Bonchev–Trinajstić information content (AvgIpc) is 2.84. The summed E-state index contributed by atoms with van der Waals surface area (Å²) < 4.78 is 1.46. The smallest absolute Gasteiger partial charge is 0.254 e. The topological polar surface area (TPSA) is 93.2 Å². The van der Waals surface area contributed by atoms with Gasteiger partial charge in [-0.1, -0.05) is 0 Å². The number of amides is 1. The standard InChI is InChI=1S/C18H23N5O2.ClH/c1-22-9-6-13(11-17(22)24)18(25)23-8-2-3-14(7-10-23)21-15-4-5-16(19)20-12-15;/h4-6,9,11-12,14,21H,2-3,7-8,10H2,1H3,(H2,19,20);1H. The molecule has 2 aromatic heterocycles. The highest BCUT2D eigenvalue weighted by molar-refractivity contribution is 5.94. The minimum atomic E-state index is -0.170. The molecule has 0 spiro atoms. The second kappa shape index (κ2) is 8.71. The molecule has 1 aliphatic heterocycles. The fourth-order valence-corrected chi connectivity index (χ4v) is 3.03. The van der Waals surface area contributed by atoms with Crippen LogP contribution >= 0.6 is 12.4 Å². The molecule has 3 N–H and O–H groups in total. The highest BCUT2D eigenvalue weighted by Gasteiger charge is 2.22. The Morgan fingerprint density at radius 2 is 2.08 bits per heavy atom. The maximum Gasteiger partial charge on any atom is 0.254 e. The number of nitrogens with two attached hydrogens (primary N) is 1. The minimum absolute atomic E-state index is 0. The number of nitrogen functional groups attached to an aromatic ring is 1. The number of carbonyl (C=O) groups is 1. The van der Waals surface area contributed by atoms with Gasteiger partial charge in [-0.05, 0) is 37.5 Å². The SMILES string of the molecule is Cl.Cn1ccc(C(=O)N2CCCC(Nc3ccc(N)nc3)CC2)cc1=O. The summed E-state index contributed by atoms with van der Waals surface area (Å²) in [5, 5.41) is 3.45. The third kappa shape index (κ3) is 4.76. The zero-order valence-corrected chi connectivity index (χ0v) is 15.5. The van der Waals surface area contributed by atoms with E-state index < -0.39 is 0 Å². The molecule has 26 heavy (non-hydrogen) atoms. The Kier molecular flexibility index (Phi) is 6.63. The summed E-state index contributed by atoms with van der Waals surface area (Å²) in [6, 6.07) is 7.07. The highest BCUT2D eigenvalue weighted by atomic mass is 35.5. The third-order valence-electron chi connectivity index (χ3n) is 4.52. The van der Waals surface area contributed by atoms with Crippen molar-refractivity contribution in [2.45, 2.75) is 25.3 Å². The van der Waals surface area contributed by atoms with Crippen molar-refractivity contribution >= 4 is 29.8 Å². The summed E-state index contributed by atoms with van der Waals surface area (Å²) in [5.41, 5.74) is 6.83. The van der Waals surface area contributed by atoms with Crippen molar-refractivity contribution in [2.75, 3.05) is 24.1 Å². The Morgan fingerprint density at radius 1 is 1.27 bits per heavy atom. The lowest BCUT2D eigenvalue weighted by Gasteiger charge is -2.21. The Bertz CT molecular complexity index is 806. The molecule has 1 saturated heterocycles. The van der Waals surface area contributed by atoms with Crippen molar-refractivity contribution < 1.29 is 4.79 Å². The number of nitrogens with one attached hydrogen (secondary N) is 1. The monoisotopic (exact) mass is 377 g/mol. The number of rotatable bonds is 3. The van der Waals surface area contributed by atoms with Crippen LogP contribution in [0.5, 0.6) is 0 Å². The first kappa shape index (κ1) is 19.8. The van der Waals surface area contributed by atoms with Gasteiger partial charge in [0.1, 0.15) is 5.82 Å². The Hall–Kier alpha value is -2.54. The van der Waals surface area contributed by atoms with Gasteiger partial charge >= 0.3 is 0 Å². The number of hydrogen-bond donors (Lipinski definition) is 2. The summed E-state index contributed by atoms with van der Waals surface area (Å²) in [7, 11) is 1.67. The normalized spacial score (nSPS) is 17.1. The van der Waals surface area contributed by atoms with Gasteiger partial charge in [0.05, 0.1) is 11.9 Å². The molecule has 3 heterocycles. The summed E-state index contributed by atoms with van der Waals surface area (Å²) in [4.78, 5) is 30.3. The molecule has 7 nitrogen and oxygen atoms in total. The Morgan fingerprint density at radius 3 is 2.77 bits per heavy atom. The van der Waals surface area contributed by atoms with E-state index in [2.05, 4.69) is 10.3 Å². The van der Waals surface area contributed by atoms with Crippen LogP contribution in [-0.4, -0.2) is 39.5 Å². The number of likely N-dealkylation sites (tertiary alicyclic amines) is 1. The first-order chi connectivity index (χ1) is 12.0. The van der Waals surface area contributed by atoms with Gasteiger partial charge in [-0.3, -0.25) is 9.59 Å². The quantitative estimate of drug-likeness (QED) is 0.852. The Balaban J connectivity index is 0.00000243. The van der Waals surface area contributed by atoms with Crippen LogP contribution in [0.2, 0.25) is 0 Å². The first-order valence-electron chi connectivity index (χ1n) is 8.47. The van der Waals surface area contributed by atoms with E-state index in [-0.39, 0.29) is 29.9 Å². The molecule has 0 radical (unpaired) electrons. The predicted molar refractivity (Wildman–Crippen MR) is 105 cm³/mol. The van der Waals surface area contributed by atoms with Crippen LogP contribution in [0.15, 0.2) is 41.5 Å². The van der Waals surface area contributed by atoms with Crippen molar-refractivity contribution in [3.8, 4) is 0 Å². The van der Waals surface area contributed by atoms with E-state index in [0.717, 1.165) is 24.9 Å². The maximum absolute atomic E-state index is 12.7. The van der Waals surface area contributed by atoms with E-state index in [4.69, 9.17) is 5.73 Å². The van der Waals surface area contributed by atoms with E-state index in [1.807, 2.05) is 11.0 Å². The lowest BCUT2D eigenvalue weighted by atomic mass is 10.1. The predicted octanol–water partition coefficient (Wildman–Crippen LogP) is 1.89. The number of pyridine rings is 2. The molecular weight excluding hydrogens is 354 g/mol. The summed E-state index contributed by atoms with van der Waals surface area (Å²) in [5.74, 6) is 0.421. The molecule has 1 unspecified atom stereocenters. The number of halogens is 1. The zero-order chi connectivity index (χ0) is 17.8. The molecule has 8 heteroatoms. The molecule has 1 aliphatic rings. The van der Waals surface area contributed by atoms with Crippen LogP contribution in [0.25, 0.3) is 0 Å². The molecule has 140 valence electrons. The van der Waals surface area contributed by atoms with E-state index in [0.29, 0.717) is 24.5 Å². The van der Waals surface area contributed by atoms with Crippen molar-refractivity contribution in [2.24, 2.45) is 7.05 Å². The van der Waals surface area contributed by atoms with Crippen LogP contribution in [0, 0.1) is 0 Å². The fourth-order valence-electron chi connectivity index (χ4n) is 3.03. The molecule has 0 aromatic carbocycles. The zero-order valence-electron chi connectivity index (χ0n) is 14.7. The molecule has 0 saturated carbocycles. The van der Waals surface area contributed by atoms with Crippen LogP contribution in [-0.2, 0) is 7.05 Å². The lowest BCUT2D eigenvalue weighted by Crippen LogP contribution is -2.33. The number of nitrogens with zero attached hydrogens (tertiary/aromatic N) is 3. The van der Waals surface area contributed by atoms with Crippen molar-refractivity contribution in [1.82, 2.24) is 14.5 Å². The third-order valence-corrected chi connectivity index (χ3v) is 4.52. The number of aromatic nitrogens is 2. The van der Waals surface area contributed by atoms with Gasteiger partial charge in [0.2, 0.25) is 0 Å². The first-order valence-corrected chi connectivity index (χ1v) is 8.47. The number of anilines is 2. The molecule has 0 aliphatic carbocycles. The largest absolute Gasteiger partial charge is 0.384 e. The van der Waals surface area contributed by atoms with Gasteiger partial charge < -0.3 is 20.5 Å². The van der Waals surface area contributed by atoms with Gasteiger partial charge in [0.15, 0.2) is 0 Å². The van der Waals surface area contributed by atoms with Crippen LogP contribution < -0.4 is 16.6 Å². The molecule has 1 fully saturated rings. The Labute approximate surface area is 158 Å². The summed E-state index contributed by atoms with van der Waals surface area (Å²) >= 11 is 0. The number of hydrogen-bond acceptors (Lipinski definition) is 5. The average molecular weight is 378 g/mol. The van der Waals surface area contributed by atoms with Gasteiger partial charge in [0, 0.05) is 44.0 Å². The maximum atomic E-state index is 12.7. The molecule has 2 aromatic rings. The van der Waals surface area contributed by atoms with Crippen LogP contribution in [0.4, 0.5) is 11.5 Å². The number of aryl methyl sites for hydroxylation is 1. The van der Waals surface area contributed by atoms with Crippen LogP contribution in [0.3, 0.4) is 0 Å². The van der Waals surface area contributed by atoms with E-state index in [1.54, 1.807) is 31.6 Å². The van der Waals surface area contributed by atoms with Gasteiger partial charge in [-0.25, -0.2) is 4.98 Å². The van der Waals surface area contributed by atoms with E-state index in [9.17, 15) is 9.59 Å². The van der Waals surface area contributed by atoms with Gasteiger partial charge in [-0.2, -0.15) is 0 Å². The lowest BCUT2D eigenvalue weighted by molar-refractivity contribution is 0.0761. The van der Waals surface area contributed by atoms with Crippen molar-refractivity contribution in [3.63, 3.8) is 0 Å². The van der Waals surface area contributed by atoms with E-state index in [1.165, 1.54) is 10.6 Å². The summed E-state index contributed by atoms with van der Waals surface area (Å²) in [6.07, 6.45) is 6.09. The van der Waals surface area contributed by atoms with Crippen molar-refractivity contribution in [1.29, 1.82) is 0 Å². The molecule has 1 atom stereocenters. The second-order valence-corrected chi connectivity index (χ2v) is 6.40. The molecule has 0 bridgehead atoms. The van der Waals surface area contributed by atoms with Crippen molar-refractivity contribution in [3.05, 3.63) is 52.6 Å². The van der Waals surface area contributed by atoms with Gasteiger partial charge in [-0.15, -0.1) is 12.4 Å². The van der Waals surface area contributed by atoms with E-state index >= 15 is 0 Å². The number of carbonyl (C=O) groups excluding carboxylic acids is 1. The van der Waals surface area contributed by atoms with Gasteiger partial charge in [0.25, 0.3) is 11.5 Å². The molecule has 1 amide bonds. The molecular formula is C18H24ClN5O2. The fraction of sp³-hybridized carbons (Fsp3) is 0.389. The highest BCUT2D eigenvalue weighted by Crippen LogP contribution is 2.18. The minimum Gasteiger partial charge on any atom is -0.384 e. The summed E-state index contributed by atoms with van der Waals surface area (Å²) in [6.45, 7) is 1.36. The molecule has 3 rings (SSSR count).